The van der Waals surface area contributed by atoms with Crippen LogP contribution < -0.4 is 10.1 Å². The molecule has 0 saturated heterocycles. The van der Waals surface area contributed by atoms with Crippen molar-refractivity contribution >= 4 is 22.6 Å². The van der Waals surface area contributed by atoms with Crippen molar-refractivity contribution < 1.29 is 9.53 Å². The number of anilines is 1. The minimum atomic E-state index is -0.373. The van der Waals surface area contributed by atoms with Crippen molar-refractivity contribution in [3.63, 3.8) is 0 Å². The maximum absolute atomic E-state index is 12.9. The smallest absolute Gasteiger partial charge is 0.255 e. The first-order valence-corrected chi connectivity index (χ1v) is 10.9. The number of carbonyl (C=O) groups excluding carboxylic acids is 1. The molecule has 9 nitrogen and oxygen atoms in total. The molecule has 0 aliphatic heterocycles. The van der Waals surface area contributed by atoms with Crippen LogP contribution in [0.1, 0.15) is 28.4 Å². The van der Waals surface area contributed by atoms with Crippen LogP contribution in [0.5, 0.6) is 5.75 Å². The molecule has 172 valence electrons. The molecule has 1 amide bonds. The highest BCUT2D eigenvalue weighted by atomic mass is 16.5. The van der Waals surface area contributed by atoms with Crippen molar-refractivity contribution in [1.29, 1.82) is 5.26 Å². The second kappa shape index (κ2) is 9.49. The van der Waals surface area contributed by atoms with E-state index in [-0.39, 0.29) is 18.4 Å². The molecule has 1 unspecified atom stereocenters. The number of methoxy groups -OCH3 is 1. The zero-order valence-electron chi connectivity index (χ0n) is 18.8. The zero-order valence-corrected chi connectivity index (χ0v) is 18.8. The molecule has 0 fully saturated rings. The van der Waals surface area contributed by atoms with E-state index in [1.807, 2.05) is 36.7 Å². The lowest BCUT2D eigenvalue weighted by Crippen LogP contribution is -2.15. The molecule has 1 atom stereocenters. The first-order valence-electron chi connectivity index (χ1n) is 10.9. The van der Waals surface area contributed by atoms with Gasteiger partial charge in [-0.25, -0.2) is 9.97 Å². The first-order chi connectivity index (χ1) is 17.2. The lowest BCUT2D eigenvalue weighted by molar-refractivity contribution is 0.102. The topological polar surface area (TPSA) is 122 Å². The highest BCUT2D eigenvalue weighted by Crippen LogP contribution is 2.28. The van der Waals surface area contributed by atoms with Gasteiger partial charge in [-0.05, 0) is 35.9 Å². The highest BCUT2D eigenvalue weighted by Gasteiger charge is 2.19. The molecule has 5 rings (SSSR count). The van der Waals surface area contributed by atoms with E-state index in [9.17, 15) is 10.1 Å². The lowest BCUT2D eigenvalue weighted by atomic mass is 10.0. The average Bonchev–Trinajstić information content (AvgIpc) is 3.57. The molecule has 0 spiro atoms. The van der Waals surface area contributed by atoms with E-state index in [4.69, 9.17) is 4.74 Å². The number of amides is 1. The third-order valence-electron chi connectivity index (χ3n) is 5.69. The van der Waals surface area contributed by atoms with Gasteiger partial charge in [0, 0.05) is 40.7 Å². The Morgan fingerprint density at radius 1 is 1.20 bits per heavy atom. The third-order valence-corrected chi connectivity index (χ3v) is 5.69. The molecular formula is C26H21N7O2. The Bertz CT molecular complexity index is 1550. The molecule has 9 heteroatoms. The fraction of sp³-hybridized carbons (Fsp3) is 0.115. The molecule has 0 aliphatic rings. The number of nitrogens with one attached hydrogen (secondary N) is 2. The summed E-state index contributed by atoms with van der Waals surface area (Å²) in [5.74, 6) is 0.397. The summed E-state index contributed by atoms with van der Waals surface area (Å²) in [7, 11) is 1.58. The van der Waals surface area contributed by atoms with Crippen LogP contribution in [0.2, 0.25) is 0 Å². The van der Waals surface area contributed by atoms with Gasteiger partial charge in [-0.3, -0.25) is 9.48 Å². The monoisotopic (exact) mass is 463 g/mol. The maximum Gasteiger partial charge on any atom is 0.255 e. The number of H-pyrrole nitrogens is 1. The summed E-state index contributed by atoms with van der Waals surface area (Å²) in [6.07, 6.45) is 7.08. The molecule has 35 heavy (non-hydrogen) atoms. The summed E-state index contributed by atoms with van der Waals surface area (Å²) in [6.45, 7) is 0. The molecule has 3 aromatic heterocycles. The Morgan fingerprint density at radius 3 is 2.94 bits per heavy atom. The standard InChI is InChI=1S/C26H21N7O2/c1-35-21-7-3-6-20(13-21)32-26(34)18-5-2-4-17(12-18)23(8-10-27)33-15-19(14-31-33)24-22-9-11-28-25(22)30-16-29-24/h2-7,9,11-16,23H,8H2,1H3,(H,32,34)(H,28,29,30). The largest absolute Gasteiger partial charge is 0.497 e. The van der Waals surface area contributed by atoms with Gasteiger partial charge < -0.3 is 15.0 Å². The summed E-state index contributed by atoms with van der Waals surface area (Å²) in [5.41, 5.74) is 4.22. The van der Waals surface area contributed by atoms with Crippen LogP contribution in [0.25, 0.3) is 22.3 Å². The summed E-state index contributed by atoms with van der Waals surface area (Å²) >= 11 is 0. The number of aromatic nitrogens is 5. The van der Waals surface area contributed by atoms with Gasteiger partial charge in [0.2, 0.25) is 0 Å². The number of ether oxygens (including phenoxy) is 1. The molecule has 2 N–H and O–H groups in total. The fourth-order valence-electron chi connectivity index (χ4n) is 3.98. The minimum absolute atomic E-state index is 0.186. The Morgan fingerprint density at radius 2 is 2.09 bits per heavy atom. The second-order valence-electron chi connectivity index (χ2n) is 7.86. The molecule has 3 heterocycles. The van der Waals surface area contributed by atoms with Crippen molar-refractivity contribution in [1.82, 2.24) is 24.7 Å². The van der Waals surface area contributed by atoms with Crippen LogP contribution in [0.4, 0.5) is 5.69 Å². The van der Waals surface area contributed by atoms with E-state index in [1.54, 1.807) is 48.3 Å². The molecule has 0 bridgehead atoms. The van der Waals surface area contributed by atoms with Gasteiger partial charge in [0.1, 0.15) is 17.7 Å². The minimum Gasteiger partial charge on any atom is -0.497 e. The molecule has 0 aliphatic carbocycles. The van der Waals surface area contributed by atoms with Gasteiger partial charge in [0.25, 0.3) is 5.91 Å². The number of nitrogens with zero attached hydrogens (tertiary/aromatic N) is 5. The van der Waals surface area contributed by atoms with Crippen molar-refractivity contribution in [2.24, 2.45) is 0 Å². The zero-order chi connectivity index (χ0) is 24.2. The van der Waals surface area contributed by atoms with E-state index >= 15 is 0 Å². The number of hydrogen-bond acceptors (Lipinski definition) is 6. The van der Waals surface area contributed by atoms with Gasteiger partial charge in [0.15, 0.2) is 0 Å². The van der Waals surface area contributed by atoms with Crippen LogP contribution >= 0.6 is 0 Å². The van der Waals surface area contributed by atoms with Crippen LogP contribution in [-0.2, 0) is 0 Å². The Hall–Kier alpha value is -4.97. The maximum atomic E-state index is 12.9. The van der Waals surface area contributed by atoms with Gasteiger partial charge in [-0.15, -0.1) is 0 Å². The Kier molecular flexibility index (Phi) is 5.92. The van der Waals surface area contributed by atoms with Crippen molar-refractivity contribution in [3.05, 3.63) is 90.6 Å². The predicted octanol–water partition coefficient (Wildman–Crippen LogP) is 4.59. The number of fused-ring (bicyclic) bond motifs is 1. The summed E-state index contributed by atoms with van der Waals surface area (Å²) in [4.78, 5) is 24.6. The van der Waals surface area contributed by atoms with Gasteiger partial charge >= 0.3 is 0 Å². The molecule has 5 aromatic rings. The summed E-state index contributed by atoms with van der Waals surface area (Å²) < 4.78 is 6.95. The second-order valence-corrected chi connectivity index (χ2v) is 7.86. The van der Waals surface area contributed by atoms with E-state index in [1.165, 1.54) is 6.33 Å². The van der Waals surface area contributed by atoms with E-state index in [0.29, 0.717) is 17.0 Å². The van der Waals surface area contributed by atoms with E-state index < -0.39 is 0 Å². The molecule has 2 aromatic carbocycles. The fourth-order valence-corrected chi connectivity index (χ4v) is 3.98. The number of hydrogen-bond donors (Lipinski definition) is 2. The Labute approximate surface area is 201 Å². The Balaban J connectivity index is 1.43. The van der Waals surface area contributed by atoms with Crippen molar-refractivity contribution in [2.75, 3.05) is 12.4 Å². The highest BCUT2D eigenvalue weighted by molar-refractivity contribution is 6.04. The van der Waals surface area contributed by atoms with Crippen LogP contribution in [-0.4, -0.2) is 37.7 Å². The lowest BCUT2D eigenvalue weighted by Gasteiger charge is -2.16. The number of aromatic amines is 1. The number of rotatable bonds is 7. The molecule has 0 saturated carbocycles. The van der Waals surface area contributed by atoms with Crippen LogP contribution in [0.15, 0.2) is 79.5 Å². The van der Waals surface area contributed by atoms with E-state index in [2.05, 4.69) is 31.4 Å². The van der Waals surface area contributed by atoms with Crippen molar-refractivity contribution in [2.45, 2.75) is 12.5 Å². The first kappa shape index (κ1) is 21.9. The molecule has 0 radical (unpaired) electrons. The average molecular weight is 464 g/mol. The normalized spacial score (nSPS) is 11.7. The third kappa shape index (κ3) is 4.45. The van der Waals surface area contributed by atoms with Gasteiger partial charge in [0.05, 0.1) is 37.5 Å². The van der Waals surface area contributed by atoms with Crippen molar-refractivity contribution in [3.8, 4) is 23.1 Å². The number of carbonyl (C=O) groups is 1. The van der Waals surface area contributed by atoms with E-state index in [0.717, 1.165) is 27.9 Å². The quantitative estimate of drug-likeness (QED) is 0.364. The summed E-state index contributed by atoms with van der Waals surface area (Å²) in [5, 5.41) is 17.8. The SMILES string of the molecule is COc1cccc(NC(=O)c2cccc(C(CC#N)n3cc(-c4ncnc5[nH]ccc45)cn3)c2)c1. The number of benzene rings is 2. The molecular weight excluding hydrogens is 442 g/mol. The number of nitriles is 1. The predicted molar refractivity (Wildman–Crippen MR) is 131 cm³/mol. The van der Waals surface area contributed by atoms with Gasteiger partial charge in [-0.2, -0.15) is 10.4 Å². The van der Waals surface area contributed by atoms with Crippen LogP contribution in [0.3, 0.4) is 0 Å². The summed E-state index contributed by atoms with van der Waals surface area (Å²) in [6, 6.07) is 18.2. The van der Waals surface area contributed by atoms with Crippen LogP contribution in [0, 0.1) is 11.3 Å². The van der Waals surface area contributed by atoms with Gasteiger partial charge in [-0.1, -0.05) is 18.2 Å².